The van der Waals surface area contributed by atoms with Gasteiger partial charge in [0, 0.05) is 12.6 Å². The largest absolute Gasteiger partial charge is 0.487 e. The molecule has 0 aliphatic carbocycles. The molecule has 1 aromatic carbocycles. The van der Waals surface area contributed by atoms with Crippen molar-refractivity contribution in [2.75, 3.05) is 0 Å². The standard InChI is InChI=1S/C16H19BrN2O2/c1-5-13-16(17)14(19(4)18-13)9-21-15-7-6-12(11(3)20)8-10(15)2/h6-8H,5,9H2,1-4H3. The summed E-state index contributed by atoms with van der Waals surface area (Å²) in [4.78, 5) is 11.4. The summed E-state index contributed by atoms with van der Waals surface area (Å²) in [6.45, 7) is 6.01. The summed E-state index contributed by atoms with van der Waals surface area (Å²) in [5.74, 6) is 0.845. The van der Waals surface area contributed by atoms with Gasteiger partial charge in [-0.05, 0) is 60.0 Å². The zero-order valence-electron chi connectivity index (χ0n) is 12.7. The lowest BCUT2D eigenvalue weighted by Gasteiger charge is -2.10. The van der Waals surface area contributed by atoms with Gasteiger partial charge >= 0.3 is 0 Å². The van der Waals surface area contributed by atoms with Crippen LogP contribution < -0.4 is 4.74 Å². The van der Waals surface area contributed by atoms with Gasteiger partial charge in [0.25, 0.3) is 0 Å². The van der Waals surface area contributed by atoms with E-state index in [1.54, 1.807) is 13.0 Å². The van der Waals surface area contributed by atoms with E-state index in [-0.39, 0.29) is 5.78 Å². The number of nitrogens with zero attached hydrogens (tertiary/aromatic N) is 2. The van der Waals surface area contributed by atoms with Crippen molar-refractivity contribution in [3.63, 3.8) is 0 Å². The Morgan fingerprint density at radius 1 is 1.43 bits per heavy atom. The van der Waals surface area contributed by atoms with Crippen molar-refractivity contribution < 1.29 is 9.53 Å². The quantitative estimate of drug-likeness (QED) is 0.769. The van der Waals surface area contributed by atoms with Gasteiger partial charge in [0.1, 0.15) is 12.4 Å². The Hall–Kier alpha value is -1.62. The van der Waals surface area contributed by atoms with Crippen LogP contribution in [0.25, 0.3) is 0 Å². The summed E-state index contributed by atoms with van der Waals surface area (Å²) < 4.78 is 8.72. The van der Waals surface area contributed by atoms with E-state index in [0.717, 1.165) is 33.6 Å². The molecule has 1 heterocycles. The first-order chi connectivity index (χ1) is 9.93. The number of Topliss-reactive ketones (excluding diaryl/α,β-unsaturated/α-hetero) is 1. The number of halogens is 1. The highest BCUT2D eigenvalue weighted by atomic mass is 79.9. The summed E-state index contributed by atoms with van der Waals surface area (Å²) in [6, 6.07) is 5.49. The van der Waals surface area contributed by atoms with Crippen molar-refractivity contribution in [3.8, 4) is 5.75 Å². The molecular weight excluding hydrogens is 332 g/mol. The maximum Gasteiger partial charge on any atom is 0.159 e. The lowest BCUT2D eigenvalue weighted by Crippen LogP contribution is -2.05. The lowest BCUT2D eigenvalue weighted by atomic mass is 10.1. The van der Waals surface area contributed by atoms with Crippen molar-refractivity contribution in [1.82, 2.24) is 9.78 Å². The average molecular weight is 351 g/mol. The number of ether oxygens (including phenoxy) is 1. The Morgan fingerprint density at radius 3 is 2.67 bits per heavy atom. The number of ketones is 1. The smallest absolute Gasteiger partial charge is 0.159 e. The Kier molecular flexibility index (Phi) is 4.83. The first-order valence-electron chi connectivity index (χ1n) is 6.88. The average Bonchev–Trinajstić information content (AvgIpc) is 2.72. The number of carbonyl (C=O) groups is 1. The summed E-state index contributed by atoms with van der Waals surface area (Å²) in [5, 5.41) is 4.45. The van der Waals surface area contributed by atoms with E-state index in [2.05, 4.69) is 28.0 Å². The fourth-order valence-electron chi connectivity index (χ4n) is 2.15. The third-order valence-electron chi connectivity index (χ3n) is 3.45. The van der Waals surface area contributed by atoms with Crippen LogP contribution in [0.2, 0.25) is 0 Å². The van der Waals surface area contributed by atoms with Crippen molar-refractivity contribution in [2.24, 2.45) is 7.05 Å². The minimum absolute atomic E-state index is 0.0617. The van der Waals surface area contributed by atoms with Gasteiger partial charge in [0.2, 0.25) is 0 Å². The normalized spacial score (nSPS) is 10.7. The predicted octanol–water partition coefficient (Wildman–Crippen LogP) is 3.84. The molecule has 1 aromatic heterocycles. The molecule has 5 heteroatoms. The van der Waals surface area contributed by atoms with Crippen LogP contribution >= 0.6 is 15.9 Å². The molecule has 0 unspecified atom stereocenters. The molecule has 0 bridgehead atoms. The van der Waals surface area contributed by atoms with Crippen LogP contribution in [0, 0.1) is 6.92 Å². The third kappa shape index (κ3) is 3.35. The second-order valence-corrected chi connectivity index (χ2v) is 5.80. The topological polar surface area (TPSA) is 44.1 Å². The summed E-state index contributed by atoms with van der Waals surface area (Å²) in [6.07, 6.45) is 0.876. The van der Waals surface area contributed by atoms with E-state index in [1.165, 1.54) is 0 Å². The fourth-order valence-corrected chi connectivity index (χ4v) is 2.88. The zero-order chi connectivity index (χ0) is 15.6. The van der Waals surface area contributed by atoms with Crippen LogP contribution in [-0.2, 0) is 20.1 Å². The molecule has 0 N–H and O–H groups in total. The molecule has 0 radical (unpaired) electrons. The molecule has 0 atom stereocenters. The van der Waals surface area contributed by atoms with Crippen molar-refractivity contribution in [2.45, 2.75) is 33.8 Å². The van der Waals surface area contributed by atoms with Crippen molar-refractivity contribution in [1.29, 1.82) is 0 Å². The molecule has 0 amide bonds. The van der Waals surface area contributed by atoms with Gasteiger partial charge in [-0.25, -0.2) is 0 Å². The molecule has 4 nitrogen and oxygen atoms in total. The van der Waals surface area contributed by atoms with Crippen LogP contribution in [0.5, 0.6) is 5.75 Å². The minimum Gasteiger partial charge on any atom is -0.487 e. The number of carbonyl (C=O) groups excluding carboxylic acids is 1. The number of hydrogen-bond acceptors (Lipinski definition) is 3. The minimum atomic E-state index is 0.0617. The van der Waals surface area contributed by atoms with Gasteiger partial charge in [0.15, 0.2) is 5.78 Å². The summed E-state index contributed by atoms with van der Waals surface area (Å²) in [7, 11) is 1.91. The Bertz CT molecular complexity index is 677. The molecule has 21 heavy (non-hydrogen) atoms. The molecule has 0 fully saturated rings. The fraction of sp³-hybridized carbons (Fsp3) is 0.375. The number of hydrogen-bond donors (Lipinski definition) is 0. The van der Waals surface area contributed by atoms with E-state index in [4.69, 9.17) is 4.74 Å². The summed E-state index contributed by atoms with van der Waals surface area (Å²) in [5.41, 5.74) is 3.69. The molecule has 112 valence electrons. The SMILES string of the molecule is CCc1nn(C)c(COc2ccc(C(C)=O)cc2C)c1Br. The van der Waals surface area contributed by atoms with Crippen LogP contribution in [0.3, 0.4) is 0 Å². The Balaban J connectivity index is 2.17. The first kappa shape index (κ1) is 15.8. The molecule has 0 aliphatic rings. The first-order valence-corrected chi connectivity index (χ1v) is 7.68. The second-order valence-electron chi connectivity index (χ2n) is 5.01. The Labute approximate surface area is 133 Å². The monoisotopic (exact) mass is 350 g/mol. The molecule has 0 saturated carbocycles. The van der Waals surface area contributed by atoms with Gasteiger partial charge in [-0.3, -0.25) is 9.48 Å². The molecule has 2 rings (SSSR count). The van der Waals surface area contributed by atoms with Gasteiger partial charge in [0.05, 0.1) is 15.9 Å². The van der Waals surface area contributed by atoms with Gasteiger partial charge in [-0.1, -0.05) is 6.92 Å². The predicted molar refractivity (Wildman–Crippen MR) is 85.8 cm³/mol. The van der Waals surface area contributed by atoms with Gasteiger partial charge in [-0.2, -0.15) is 5.10 Å². The van der Waals surface area contributed by atoms with Crippen LogP contribution in [0.1, 0.15) is 41.2 Å². The molecule has 0 spiro atoms. The van der Waals surface area contributed by atoms with Gasteiger partial charge in [-0.15, -0.1) is 0 Å². The van der Waals surface area contributed by atoms with E-state index in [1.807, 2.05) is 30.8 Å². The number of aryl methyl sites for hydroxylation is 3. The second kappa shape index (κ2) is 6.43. The highest BCUT2D eigenvalue weighted by molar-refractivity contribution is 9.10. The van der Waals surface area contributed by atoms with E-state index in [9.17, 15) is 4.79 Å². The van der Waals surface area contributed by atoms with E-state index in [0.29, 0.717) is 12.2 Å². The lowest BCUT2D eigenvalue weighted by molar-refractivity contribution is 0.101. The Morgan fingerprint density at radius 2 is 2.14 bits per heavy atom. The maximum atomic E-state index is 11.4. The highest BCUT2D eigenvalue weighted by Crippen LogP contribution is 2.25. The van der Waals surface area contributed by atoms with Gasteiger partial charge < -0.3 is 4.74 Å². The van der Waals surface area contributed by atoms with Crippen LogP contribution in [0.15, 0.2) is 22.7 Å². The highest BCUT2D eigenvalue weighted by Gasteiger charge is 2.13. The molecule has 0 aliphatic heterocycles. The summed E-state index contributed by atoms with van der Waals surface area (Å²) >= 11 is 3.58. The molecule has 2 aromatic rings. The van der Waals surface area contributed by atoms with Crippen molar-refractivity contribution >= 4 is 21.7 Å². The number of aromatic nitrogens is 2. The zero-order valence-corrected chi connectivity index (χ0v) is 14.3. The van der Waals surface area contributed by atoms with Crippen LogP contribution in [0.4, 0.5) is 0 Å². The third-order valence-corrected chi connectivity index (χ3v) is 4.36. The number of rotatable bonds is 5. The maximum absolute atomic E-state index is 11.4. The van der Waals surface area contributed by atoms with E-state index >= 15 is 0 Å². The number of benzene rings is 1. The van der Waals surface area contributed by atoms with E-state index < -0.39 is 0 Å². The van der Waals surface area contributed by atoms with Crippen LogP contribution in [-0.4, -0.2) is 15.6 Å². The molecule has 0 saturated heterocycles. The van der Waals surface area contributed by atoms with Crippen molar-refractivity contribution in [3.05, 3.63) is 45.2 Å². The molecular formula is C16H19BrN2O2.